The molecule has 0 aliphatic rings. The van der Waals surface area contributed by atoms with Crippen molar-refractivity contribution >= 4 is 11.9 Å². The van der Waals surface area contributed by atoms with Crippen molar-refractivity contribution in [3.8, 4) is 0 Å². The van der Waals surface area contributed by atoms with Crippen LogP contribution in [0.1, 0.15) is 33.6 Å². The molecule has 1 N–H and O–H groups in total. The summed E-state index contributed by atoms with van der Waals surface area (Å²) in [4.78, 5) is 24.2. The van der Waals surface area contributed by atoms with Crippen molar-refractivity contribution < 1.29 is 19.4 Å². The molecule has 0 spiro atoms. The van der Waals surface area contributed by atoms with Gasteiger partial charge in [0.15, 0.2) is 0 Å². The highest BCUT2D eigenvalue weighted by Gasteiger charge is 2.40. The molecule has 0 saturated heterocycles. The van der Waals surface area contributed by atoms with Gasteiger partial charge in [-0.05, 0) is 13.3 Å². The van der Waals surface area contributed by atoms with E-state index in [9.17, 15) is 14.7 Å². The monoisotopic (exact) mass is 231 g/mol. The Morgan fingerprint density at radius 1 is 1.44 bits per heavy atom. The van der Waals surface area contributed by atoms with Crippen molar-refractivity contribution in [2.45, 2.75) is 39.2 Å². The van der Waals surface area contributed by atoms with Crippen LogP contribution >= 0.6 is 0 Å². The third-order valence-electron chi connectivity index (χ3n) is 2.68. The quantitative estimate of drug-likeness (QED) is 0.713. The summed E-state index contributed by atoms with van der Waals surface area (Å²) in [7, 11) is 1.51. The number of carboxylic acid groups (broad SMARTS) is 1. The van der Waals surface area contributed by atoms with Gasteiger partial charge in [-0.15, -0.1) is 0 Å². The van der Waals surface area contributed by atoms with E-state index in [0.29, 0.717) is 19.6 Å². The summed E-state index contributed by atoms with van der Waals surface area (Å²) in [5.74, 6) is -1.21. The number of carboxylic acids is 1. The maximum Gasteiger partial charge on any atom is 0.329 e. The summed E-state index contributed by atoms with van der Waals surface area (Å²) >= 11 is 0. The smallest absolute Gasteiger partial charge is 0.329 e. The fourth-order valence-electron chi connectivity index (χ4n) is 1.63. The maximum absolute atomic E-state index is 11.5. The second kappa shape index (κ2) is 6.48. The summed E-state index contributed by atoms with van der Waals surface area (Å²) in [5.41, 5.74) is -1.18. The molecule has 0 aliphatic heterocycles. The summed E-state index contributed by atoms with van der Waals surface area (Å²) < 4.78 is 4.89. The van der Waals surface area contributed by atoms with Crippen molar-refractivity contribution in [2.75, 3.05) is 20.3 Å². The lowest BCUT2D eigenvalue weighted by atomic mass is 9.95. The van der Waals surface area contributed by atoms with Gasteiger partial charge in [0.05, 0.1) is 0 Å². The van der Waals surface area contributed by atoms with Gasteiger partial charge in [-0.3, -0.25) is 4.79 Å². The molecule has 1 atom stereocenters. The molecule has 0 radical (unpaired) electrons. The Bertz CT molecular complexity index is 254. The Morgan fingerprint density at radius 3 is 2.31 bits per heavy atom. The van der Waals surface area contributed by atoms with Gasteiger partial charge >= 0.3 is 5.97 Å². The van der Waals surface area contributed by atoms with Gasteiger partial charge in [0, 0.05) is 33.6 Å². The van der Waals surface area contributed by atoms with E-state index in [1.54, 1.807) is 6.92 Å². The Hall–Kier alpha value is -1.10. The fraction of sp³-hybridized carbons (Fsp3) is 0.818. The molecular weight excluding hydrogens is 210 g/mol. The van der Waals surface area contributed by atoms with Crippen LogP contribution in [-0.4, -0.2) is 47.7 Å². The largest absolute Gasteiger partial charge is 0.480 e. The van der Waals surface area contributed by atoms with Crippen molar-refractivity contribution in [3.05, 3.63) is 0 Å². The van der Waals surface area contributed by atoms with Crippen molar-refractivity contribution in [3.63, 3.8) is 0 Å². The molecule has 1 unspecified atom stereocenters. The number of aliphatic carboxylic acids is 1. The van der Waals surface area contributed by atoms with Gasteiger partial charge in [0.25, 0.3) is 0 Å². The van der Waals surface area contributed by atoms with Crippen LogP contribution in [0.4, 0.5) is 0 Å². The summed E-state index contributed by atoms with van der Waals surface area (Å²) in [6.45, 7) is 5.63. The zero-order chi connectivity index (χ0) is 12.8. The molecule has 16 heavy (non-hydrogen) atoms. The minimum atomic E-state index is -1.18. The van der Waals surface area contributed by atoms with Crippen LogP contribution < -0.4 is 0 Å². The summed E-state index contributed by atoms with van der Waals surface area (Å²) in [6.07, 6.45) is 1.02. The highest BCUT2D eigenvalue weighted by molar-refractivity contribution is 5.85. The molecule has 5 heteroatoms. The predicted molar refractivity (Wildman–Crippen MR) is 60.2 cm³/mol. The van der Waals surface area contributed by atoms with Gasteiger partial charge < -0.3 is 14.7 Å². The Kier molecular flexibility index (Phi) is 6.03. The molecule has 0 fully saturated rings. The zero-order valence-electron chi connectivity index (χ0n) is 10.4. The second-order valence-corrected chi connectivity index (χ2v) is 3.99. The molecule has 0 aromatic heterocycles. The van der Waals surface area contributed by atoms with E-state index in [2.05, 4.69) is 0 Å². The highest BCUT2D eigenvalue weighted by Crippen LogP contribution is 2.21. The molecule has 0 aromatic rings. The average Bonchev–Trinajstić information content (AvgIpc) is 2.21. The molecule has 0 aliphatic carbocycles. The Labute approximate surface area is 96.4 Å². The van der Waals surface area contributed by atoms with Gasteiger partial charge in [-0.1, -0.05) is 6.92 Å². The van der Waals surface area contributed by atoms with Crippen LogP contribution in [0.3, 0.4) is 0 Å². The van der Waals surface area contributed by atoms with Gasteiger partial charge in [-0.25, -0.2) is 4.79 Å². The topological polar surface area (TPSA) is 66.8 Å². The second-order valence-electron chi connectivity index (χ2n) is 3.99. The average molecular weight is 231 g/mol. The first-order chi connectivity index (χ1) is 7.40. The van der Waals surface area contributed by atoms with Crippen LogP contribution in [0.2, 0.25) is 0 Å². The zero-order valence-corrected chi connectivity index (χ0v) is 10.4. The number of nitrogens with zero attached hydrogens (tertiary/aromatic N) is 1. The molecule has 0 bridgehead atoms. The normalized spacial score (nSPS) is 14.2. The van der Waals surface area contributed by atoms with E-state index in [1.165, 1.54) is 18.9 Å². The molecule has 0 saturated carbocycles. The lowest BCUT2D eigenvalue weighted by Gasteiger charge is -2.37. The van der Waals surface area contributed by atoms with Crippen molar-refractivity contribution in [2.24, 2.45) is 0 Å². The highest BCUT2D eigenvalue weighted by atomic mass is 16.5. The number of hydrogen-bond donors (Lipinski definition) is 1. The number of carbonyl (C=O) groups excluding carboxylic acids is 1. The van der Waals surface area contributed by atoms with E-state index >= 15 is 0 Å². The fourth-order valence-corrected chi connectivity index (χ4v) is 1.63. The summed E-state index contributed by atoms with van der Waals surface area (Å²) in [6, 6.07) is 0. The Morgan fingerprint density at radius 2 is 2.00 bits per heavy atom. The van der Waals surface area contributed by atoms with E-state index in [1.807, 2.05) is 6.92 Å². The molecule has 1 amide bonds. The number of hydrogen-bond acceptors (Lipinski definition) is 3. The lowest BCUT2D eigenvalue weighted by molar-refractivity contribution is -0.158. The van der Waals surface area contributed by atoms with Gasteiger partial charge in [0.1, 0.15) is 5.54 Å². The number of amides is 1. The SMILES string of the molecule is CCCN(C(C)=O)C(C)(CCOC)C(=O)O. The molecule has 94 valence electrons. The first-order valence-electron chi connectivity index (χ1n) is 5.40. The minimum absolute atomic E-state index is 0.220. The van der Waals surface area contributed by atoms with E-state index in [4.69, 9.17) is 4.74 Å². The van der Waals surface area contributed by atoms with E-state index in [0.717, 1.165) is 6.42 Å². The lowest BCUT2D eigenvalue weighted by Crippen LogP contribution is -2.55. The standard InChI is InChI=1S/C11H21NO4/c1-5-7-12(9(2)13)11(3,10(14)15)6-8-16-4/h5-8H2,1-4H3,(H,14,15). The molecule has 0 aromatic carbocycles. The van der Waals surface area contributed by atoms with Crippen molar-refractivity contribution in [1.82, 2.24) is 4.90 Å². The first-order valence-corrected chi connectivity index (χ1v) is 5.40. The maximum atomic E-state index is 11.5. The van der Waals surface area contributed by atoms with Crippen LogP contribution in [0, 0.1) is 0 Å². The van der Waals surface area contributed by atoms with Crippen LogP contribution in [0.15, 0.2) is 0 Å². The number of rotatable bonds is 7. The third kappa shape index (κ3) is 3.48. The van der Waals surface area contributed by atoms with Crippen molar-refractivity contribution in [1.29, 1.82) is 0 Å². The predicted octanol–water partition coefficient (Wildman–Crippen LogP) is 1.12. The van der Waals surface area contributed by atoms with Crippen LogP contribution in [-0.2, 0) is 14.3 Å². The van der Waals surface area contributed by atoms with Gasteiger partial charge in [0.2, 0.25) is 5.91 Å². The molecule has 0 rings (SSSR count). The Balaban J connectivity index is 4.95. The molecule has 5 nitrogen and oxygen atoms in total. The van der Waals surface area contributed by atoms with Crippen LogP contribution in [0.25, 0.3) is 0 Å². The number of ether oxygens (including phenoxy) is 1. The molecular formula is C11H21NO4. The van der Waals surface area contributed by atoms with Gasteiger partial charge in [-0.2, -0.15) is 0 Å². The molecule has 0 heterocycles. The summed E-state index contributed by atoms with van der Waals surface area (Å²) in [5, 5.41) is 9.26. The van der Waals surface area contributed by atoms with E-state index in [-0.39, 0.29) is 5.91 Å². The van der Waals surface area contributed by atoms with E-state index < -0.39 is 11.5 Å². The first kappa shape index (κ1) is 14.9. The number of carbonyl (C=O) groups is 2. The van der Waals surface area contributed by atoms with Crippen LogP contribution in [0.5, 0.6) is 0 Å². The number of methoxy groups -OCH3 is 1. The minimum Gasteiger partial charge on any atom is -0.480 e. The third-order valence-corrected chi connectivity index (χ3v) is 2.68.